The second kappa shape index (κ2) is 5.95. The van der Waals surface area contributed by atoms with Crippen molar-refractivity contribution in [3.05, 3.63) is 23.8 Å². The highest BCUT2D eigenvalue weighted by Crippen LogP contribution is 2.33. The van der Waals surface area contributed by atoms with E-state index < -0.39 is 0 Å². The number of methoxy groups -OCH3 is 1. The molecule has 1 aliphatic heterocycles. The Balaban J connectivity index is 2.22. The fourth-order valence-corrected chi connectivity index (χ4v) is 2.18. The predicted molar refractivity (Wildman–Crippen MR) is 73.7 cm³/mol. The van der Waals surface area contributed by atoms with Crippen molar-refractivity contribution in [3.8, 4) is 11.5 Å². The van der Waals surface area contributed by atoms with Crippen molar-refractivity contribution < 1.29 is 14.3 Å². The van der Waals surface area contributed by atoms with Crippen LogP contribution in [0.4, 0.5) is 0 Å². The highest BCUT2D eigenvalue weighted by Gasteiger charge is 2.24. The molecule has 2 rings (SSSR count). The highest BCUT2D eigenvalue weighted by atomic mass is 16.5. The second-order valence-electron chi connectivity index (χ2n) is 4.95. The van der Waals surface area contributed by atoms with E-state index in [2.05, 4.69) is 12.2 Å². The molecule has 1 N–H and O–H groups in total. The zero-order valence-corrected chi connectivity index (χ0v) is 11.7. The van der Waals surface area contributed by atoms with Crippen LogP contribution in [-0.4, -0.2) is 25.7 Å². The Hall–Kier alpha value is -1.71. The summed E-state index contributed by atoms with van der Waals surface area (Å²) in [4.78, 5) is 11.3. The van der Waals surface area contributed by atoms with E-state index in [-0.39, 0.29) is 17.9 Å². The lowest BCUT2D eigenvalue weighted by Crippen LogP contribution is -2.13. The van der Waals surface area contributed by atoms with Crippen LogP contribution >= 0.6 is 0 Å². The van der Waals surface area contributed by atoms with Crippen LogP contribution in [0.25, 0.3) is 0 Å². The number of hydrogen-bond acceptors (Lipinski definition) is 3. The van der Waals surface area contributed by atoms with E-state index in [0.717, 1.165) is 23.5 Å². The lowest BCUT2D eigenvalue weighted by molar-refractivity contribution is -0.119. The average molecular weight is 263 g/mol. The molecule has 19 heavy (non-hydrogen) atoms. The van der Waals surface area contributed by atoms with Crippen LogP contribution in [0.5, 0.6) is 11.5 Å². The molecule has 1 amide bonds. The van der Waals surface area contributed by atoms with Crippen LogP contribution in [0.3, 0.4) is 0 Å². The molecule has 0 radical (unpaired) electrons. The predicted octanol–water partition coefficient (Wildman–Crippen LogP) is 2.48. The summed E-state index contributed by atoms with van der Waals surface area (Å²) in [6, 6.07) is 5.92. The Kier molecular flexibility index (Phi) is 4.30. The minimum Gasteiger partial charge on any atom is -0.493 e. The second-order valence-corrected chi connectivity index (χ2v) is 4.95. The first-order valence-corrected chi connectivity index (χ1v) is 6.75. The Morgan fingerprint density at radius 3 is 2.79 bits per heavy atom. The minimum absolute atomic E-state index is 0.116. The topological polar surface area (TPSA) is 47.6 Å². The first kappa shape index (κ1) is 13.7. The number of hydrogen-bond donors (Lipinski definition) is 1. The normalized spacial score (nSPS) is 19.9. The Labute approximate surface area is 114 Å². The lowest BCUT2D eigenvalue weighted by atomic mass is 9.98. The van der Waals surface area contributed by atoms with Crippen molar-refractivity contribution in [2.45, 2.75) is 38.7 Å². The molecule has 4 heteroatoms. The third-order valence-corrected chi connectivity index (χ3v) is 3.54. The van der Waals surface area contributed by atoms with Gasteiger partial charge in [-0.2, -0.15) is 0 Å². The number of amides is 1. The molecule has 1 aromatic carbocycles. The van der Waals surface area contributed by atoms with Crippen molar-refractivity contribution in [2.24, 2.45) is 0 Å². The minimum atomic E-state index is 0.116. The standard InChI is InChI=1S/C15H21NO3/c1-4-10(2)19-14-7-11(5-6-13(14)18-3)12-8-15(17)16-9-12/h5-7,10,12H,4,8-9H2,1-3H3,(H,16,17). The summed E-state index contributed by atoms with van der Waals surface area (Å²) >= 11 is 0. The molecule has 0 aliphatic carbocycles. The molecule has 0 aromatic heterocycles. The third kappa shape index (κ3) is 3.19. The fourth-order valence-electron chi connectivity index (χ4n) is 2.18. The molecule has 1 fully saturated rings. The van der Waals surface area contributed by atoms with Crippen LogP contribution in [0.1, 0.15) is 38.2 Å². The monoisotopic (exact) mass is 263 g/mol. The van der Waals surface area contributed by atoms with Gasteiger partial charge in [0.1, 0.15) is 0 Å². The third-order valence-electron chi connectivity index (χ3n) is 3.54. The van der Waals surface area contributed by atoms with Gasteiger partial charge >= 0.3 is 0 Å². The molecule has 0 spiro atoms. The summed E-state index contributed by atoms with van der Waals surface area (Å²) in [5, 5.41) is 2.86. The highest BCUT2D eigenvalue weighted by molar-refractivity contribution is 5.79. The van der Waals surface area contributed by atoms with Gasteiger partial charge in [-0.1, -0.05) is 13.0 Å². The fraction of sp³-hybridized carbons (Fsp3) is 0.533. The maximum Gasteiger partial charge on any atom is 0.220 e. The largest absolute Gasteiger partial charge is 0.493 e. The molecule has 2 unspecified atom stereocenters. The Morgan fingerprint density at radius 1 is 1.42 bits per heavy atom. The summed E-state index contributed by atoms with van der Waals surface area (Å²) in [5.74, 6) is 1.85. The van der Waals surface area contributed by atoms with E-state index in [1.54, 1.807) is 7.11 Å². The molecule has 1 saturated heterocycles. The zero-order valence-electron chi connectivity index (χ0n) is 11.7. The van der Waals surface area contributed by atoms with E-state index in [0.29, 0.717) is 13.0 Å². The number of benzene rings is 1. The van der Waals surface area contributed by atoms with Gasteiger partial charge < -0.3 is 14.8 Å². The molecule has 1 aromatic rings. The van der Waals surface area contributed by atoms with Gasteiger partial charge in [-0.15, -0.1) is 0 Å². The number of carbonyl (C=O) groups excluding carboxylic acids is 1. The van der Waals surface area contributed by atoms with Crippen LogP contribution in [0.2, 0.25) is 0 Å². The first-order chi connectivity index (χ1) is 9.13. The van der Waals surface area contributed by atoms with Gasteiger partial charge in [-0.05, 0) is 31.0 Å². The smallest absolute Gasteiger partial charge is 0.220 e. The number of nitrogens with one attached hydrogen (secondary N) is 1. The van der Waals surface area contributed by atoms with E-state index >= 15 is 0 Å². The van der Waals surface area contributed by atoms with Crippen LogP contribution in [-0.2, 0) is 4.79 Å². The molecular formula is C15H21NO3. The van der Waals surface area contributed by atoms with Crippen molar-refractivity contribution in [1.82, 2.24) is 5.32 Å². The van der Waals surface area contributed by atoms with Gasteiger partial charge in [0.25, 0.3) is 0 Å². The summed E-state index contributed by atoms with van der Waals surface area (Å²) in [7, 11) is 1.64. The maximum absolute atomic E-state index is 11.3. The van der Waals surface area contributed by atoms with E-state index in [9.17, 15) is 4.79 Å². The van der Waals surface area contributed by atoms with Gasteiger partial charge in [0.2, 0.25) is 5.91 Å². The van der Waals surface area contributed by atoms with E-state index in [4.69, 9.17) is 9.47 Å². The molecule has 4 nitrogen and oxygen atoms in total. The average Bonchev–Trinajstić information content (AvgIpc) is 2.85. The number of carbonyl (C=O) groups is 1. The van der Waals surface area contributed by atoms with Gasteiger partial charge in [0.05, 0.1) is 13.2 Å². The van der Waals surface area contributed by atoms with E-state index in [1.807, 2.05) is 25.1 Å². The zero-order chi connectivity index (χ0) is 13.8. The van der Waals surface area contributed by atoms with Crippen molar-refractivity contribution in [3.63, 3.8) is 0 Å². The summed E-state index contributed by atoms with van der Waals surface area (Å²) < 4.78 is 11.2. The number of rotatable bonds is 5. The molecule has 104 valence electrons. The number of ether oxygens (including phenoxy) is 2. The van der Waals surface area contributed by atoms with Crippen molar-refractivity contribution in [2.75, 3.05) is 13.7 Å². The van der Waals surface area contributed by atoms with Gasteiger partial charge in [0.15, 0.2) is 11.5 Å². The van der Waals surface area contributed by atoms with Gasteiger partial charge in [-0.25, -0.2) is 0 Å². The molecule has 2 atom stereocenters. The summed E-state index contributed by atoms with van der Waals surface area (Å²) in [6.07, 6.45) is 1.64. The van der Waals surface area contributed by atoms with Crippen LogP contribution in [0, 0.1) is 0 Å². The summed E-state index contributed by atoms with van der Waals surface area (Å²) in [5.41, 5.74) is 1.12. The summed E-state index contributed by atoms with van der Waals surface area (Å²) in [6.45, 7) is 4.82. The van der Waals surface area contributed by atoms with Gasteiger partial charge in [0, 0.05) is 18.9 Å². The van der Waals surface area contributed by atoms with Crippen LogP contribution in [0.15, 0.2) is 18.2 Å². The maximum atomic E-state index is 11.3. The SMILES string of the molecule is CCC(C)Oc1cc(C2CNC(=O)C2)ccc1OC. The molecule has 0 bridgehead atoms. The van der Waals surface area contributed by atoms with Crippen molar-refractivity contribution >= 4 is 5.91 Å². The Bertz CT molecular complexity index is 459. The molecule has 1 aliphatic rings. The van der Waals surface area contributed by atoms with Crippen LogP contribution < -0.4 is 14.8 Å². The van der Waals surface area contributed by atoms with Gasteiger partial charge in [-0.3, -0.25) is 4.79 Å². The molecular weight excluding hydrogens is 242 g/mol. The molecule has 1 heterocycles. The van der Waals surface area contributed by atoms with E-state index in [1.165, 1.54) is 0 Å². The Morgan fingerprint density at radius 2 is 2.21 bits per heavy atom. The van der Waals surface area contributed by atoms with Crippen molar-refractivity contribution in [1.29, 1.82) is 0 Å². The molecule has 0 saturated carbocycles. The quantitative estimate of drug-likeness (QED) is 0.887. The lowest BCUT2D eigenvalue weighted by Gasteiger charge is -2.17. The first-order valence-electron chi connectivity index (χ1n) is 6.75.